The molecule has 0 N–H and O–H groups in total. The van der Waals surface area contributed by atoms with Gasteiger partial charge in [0.05, 0.1) is 6.61 Å². The Bertz CT molecular complexity index is 755. The van der Waals surface area contributed by atoms with Gasteiger partial charge in [-0.2, -0.15) is 8.42 Å². The van der Waals surface area contributed by atoms with Crippen LogP contribution in [-0.2, 0) is 26.7 Å². The molecule has 2 aromatic rings. The molecule has 0 aliphatic heterocycles. The van der Waals surface area contributed by atoms with Crippen molar-refractivity contribution in [3.8, 4) is 5.75 Å². The van der Waals surface area contributed by atoms with Gasteiger partial charge >= 0.3 is 10.1 Å². The van der Waals surface area contributed by atoms with Crippen LogP contribution in [0.2, 0.25) is 0 Å². The molecule has 5 heteroatoms. The maximum absolute atomic E-state index is 12.4. The molecule has 130 valence electrons. The van der Waals surface area contributed by atoms with Crippen molar-refractivity contribution >= 4 is 10.1 Å². The van der Waals surface area contributed by atoms with E-state index in [1.54, 1.807) is 31.4 Å². The number of methoxy groups -OCH3 is 1. The van der Waals surface area contributed by atoms with Crippen molar-refractivity contribution in [2.45, 2.75) is 37.5 Å². The van der Waals surface area contributed by atoms with Gasteiger partial charge in [-0.15, -0.1) is 0 Å². The smallest absolute Gasteiger partial charge is 0.339 e. The van der Waals surface area contributed by atoms with Crippen LogP contribution in [0.3, 0.4) is 0 Å². The van der Waals surface area contributed by atoms with Gasteiger partial charge in [-0.25, -0.2) is 0 Å². The number of hydrogen-bond donors (Lipinski definition) is 0. The lowest BCUT2D eigenvalue weighted by Crippen LogP contribution is -2.13. The summed E-state index contributed by atoms with van der Waals surface area (Å²) < 4.78 is 35.0. The fourth-order valence-electron chi connectivity index (χ4n) is 2.23. The lowest BCUT2D eigenvalue weighted by atomic mass is 9.87. The minimum absolute atomic E-state index is 0.0266. The zero-order valence-corrected chi connectivity index (χ0v) is 15.4. The standard InChI is InChI=1S/C19H24O4S/c1-19(2,3)16-7-11-18(12-8-16)24(20,21)23-17-9-5-15(6-10-17)13-14-22-4/h5-12H,13-14H2,1-4H3. The molecule has 0 radical (unpaired) electrons. The van der Waals surface area contributed by atoms with Crippen molar-refractivity contribution in [3.63, 3.8) is 0 Å². The van der Waals surface area contributed by atoms with Crippen LogP contribution in [0, 0.1) is 0 Å². The highest BCUT2D eigenvalue weighted by Crippen LogP contribution is 2.25. The second-order valence-electron chi connectivity index (χ2n) is 6.70. The van der Waals surface area contributed by atoms with Crippen LogP contribution >= 0.6 is 0 Å². The molecule has 0 saturated carbocycles. The monoisotopic (exact) mass is 348 g/mol. The van der Waals surface area contributed by atoms with E-state index in [0.29, 0.717) is 12.4 Å². The van der Waals surface area contributed by atoms with E-state index in [2.05, 4.69) is 20.8 Å². The molecule has 0 aliphatic rings. The second-order valence-corrected chi connectivity index (χ2v) is 8.24. The Morgan fingerprint density at radius 1 is 0.917 bits per heavy atom. The van der Waals surface area contributed by atoms with Crippen molar-refractivity contribution in [2.24, 2.45) is 0 Å². The fraction of sp³-hybridized carbons (Fsp3) is 0.368. The third-order valence-electron chi connectivity index (χ3n) is 3.73. The summed E-state index contributed by atoms with van der Waals surface area (Å²) in [5.41, 5.74) is 2.11. The summed E-state index contributed by atoms with van der Waals surface area (Å²) in [7, 11) is -2.18. The van der Waals surface area contributed by atoms with Crippen LogP contribution in [0.1, 0.15) is 31.9 Å². The second kappa shape index (κ2) is 7.36. The molecule has 0 aromatic heterocycles. The van der Waals surface area contributed by atoms with Crippen molar-refractivity contribution in [2.75, 3.05) is 13.7 Å². The molecule has 2 aromatic carbocycles. The molecule has 24 heavy (non-hydrogen) atoms. The molecule has 2 rings (SSSR count). The van der Waals surface area contributed by atoms with Crippen molar-refractivity contribution in [1.82, 2.24) is 0 Å². The highest BCUT2D eigenvalue weighted by molar-refractivity contribution is 7.87. The summed E-state index contributed by atoms with van der Waals surface area (Å²) in [4.78, 5) is 0.152. The van der Waals surface area contributed by atoms with Gasteiger partial charge in [0.15, 0.2) is 0 Å². The molecule has 0 bridgehead atoms. The Hall–Kier alpha value is -1.85. The molecular weight excluding hydrogens is 324 g/mol. The molecule has 0 spiro atoms. The first-order chi connectivity index (χ1) is 11.2. The zero-order valence-electron chi connectivity index (χ0n) is 14.6. The van der Waals surface area contributed by atoms with Gasteiger partial charge < -0.3 is 8.92 Å². The number of hydrogen-bond acceptors (Lipinski definition) is 4. The summed E-state index contributed by atoms with van der Waals surface area (Å²) >= 11 is 0. The summed E-state index contributed by atoms with van der Waals surface area (Å²) in [5.74, 6) is 0.302. The third-order valence-corrected chi connectivity index (χ3v) is 4.99. The van der Waals surface area contributed by atoms with Gasteiger partial charge in [0.1, 0.15) is 10.6 Å². The Morgan fingerprint density at radius 3 is 2.00 bits per heavy atom. The Balaban J connectivity index is 2.13. The predicted octanol–water partition coefficient (Wildman–Crippen LogP) is 3.94. The minimum Gasteiger partial charge on any atom is -0.384 e. The van der Waals surface area contributed by atoms with E-state index >= 15 is 0 Å². The first-order valence-corrected chi connectivity index (χ1v) is 9.26. The van der Waals surface area contributed by atoms with Crippen LogP contribution in [0.5, 0.6) is 5.75 Å². The van der Waals surface area contributed by atoms with Gasteiger partial charge in [-0.3, -0.25) is 0 Å². The molecule has 4 nitrogen and oxygen atoms in total. The topological polar surface area (TPSA) is 52.6 Å². The predicted molar refractivity (Wildman–Crippen MR) is 95.0 cm³/mol. The molecular formula is C19H24O4S. The van der Waals surface area contributed by atoms with Gasteiger partial charge in [-0.1, -0.05) is 45.0 Å². The molecule has 0 heterocycles. The number of benzene rings is 2. The van der Waals surface area contributed by atoms with E-state index in [0.717, 1.165) is 17.5 Å². The van der Waals surface area contributed by atoms with Gasteiger partial charge in [-0.05, 0) is 47.2 Å². The quantitative estimate of drug-likeness (QED) is 0.742. The average Bonchev–Trinajstić information content (AvgIpc) is 2.53. The van der Waals surface area contributed by atoms with Crippen LogP contribution in [0.15, 0.2) is 53.4 Å². The van der Waals surface area contributed by atoms with Crippen molar-refractivity contribution in [3.05, 3.63) is 59.7 Å². The molecule has 0 saturated heterocycles. The Morgan fingerprint density at radius 2 is 1.50 bits per heavy atom. The summed E-state index contributed by atoms with van der Waals surface area (Å²) in [6.07, 6.45) is 0.776. The summed E-state index contributed by atoms with van der Waals surface area (Å²) in [6, 6.07) is 13.8. The molecule has 0 fully saturated rings. The van der Waals surface area contributed by atoms with Crippen molar-refractivity contribution < 1.29 is 17.3 Å². The maximum Gasteiger partial charge on any atom is 0.339 e. The van der Waals surface area contributed by atoms with Crippen molar-refractivity contribution in [1.29, 1.82) is 0 Å². The lowest BCUT2D eigenvalue weighted by molar-refractivity contribution is 0.202. The maximum atomic E-state index is 12.4. The molecule has 0 amide bonds. The highest BCUT2D eigenvalue weighted by atomic mass is 32.2. The van der Waals surface area contributed by atoms with E-state index in [4.69, 9.17) is 8.92 Å². The van der Waals surface area contributed by atoms with E-state index in [1.165, 1.54) is 0 Å². The minimum atomic E-state index is -3.83. The van der Waals surface area contributed by atoms with Crippen LogP contribution in [0.25, 0.3) is 0 Å². The Labute approximate surface area is 144 Å². The number of rotatable bonds is 6. The van der Waals surface area contributed by atoms with E-state index in [1.807, 2.05) is 24.3 Å². The SMILES string of the molecule is COCCc1ccc(OS(=O)(=O)c2ccc(C(C)(C)C)cc2)cc1. The average molecular weight is 348 g/mol. The van der Waals surface area contributed by atoms with E-state index in [9.17, 15) is 8.42 Å². The van der Waals surface area contributed by atoms with Crippen LogP contribution < -0.4 is 4.18 Å². The largest absolute Gasteiger partial charge is 0.384 e. The molecule has 0 atom stereocenters. The van der Waals surface area contributed by atoms with Gasteiger partial charge in [0.2, 0.25) is 0 Å². The van der Waals surface area contributed by atoms with E-state index < -0.39 is 10.1 Å². The zero-order chi connectivity index (χ0) is 17.8. The number of ether oxygens (including phenoxy) is 1. The van der Waals surface area contributed by atoms with Crippen LogP contribution in [-0.4, -0.2) is 22.1 Å². The highest BCUT2D eigenvalue weighted by Gasteiger charge is 2.19. The van der Waals surface area contributed by atoms with Crippen LogP contribution in [0.4, 0.5) is 0 Å². The molecule has 0 unspecified atom stereocenters. The third kappa shape index (κ3) is 4.82. The van der Waals surface area contributed by atoms with E-state index in [-0.39, 0.29) is 10.3 Å². The summed E-state index contributed by atoms with van der Waals surface area (Å²) in [6.45, 7) is 6.87. The summed E-state index contributed by atoms with van der Waals surface area (Å²) in [5, 5.41) is 0. The first kappa shape index (κ1) is 18.5. The van der Waals surface area contributed by atoms with Gasteiger partial charge in [0.25, 0.3) is 0 Å². The first-order valence-electron chi connectivity index (χ1n) is 7.85. The normalized spacial score (nSPS) is 12.2. The fourth-order valence-corrected chi connectivity index (χ4v) is 3.16. The lowest BCUT2D eigenvalue weighted by Gasteiger charge is -2.19. The molecule has 0 aliphatic carbocycles. The van der Waals surface area contributed by atoms with Gasteiger partial charge in [0, 0.05) is 7.11 Å². The Kier molecular flexibility index (Phi) is 5.67.